The minimum absolute atomic E-state index is 0.661. The molecule has 0 aromatic carbocycles. The van der Waals surface area contributed by atoms with Crippen LogP contribution in [0, 0.1) is 5.92 Å². The number of rotatable bonds is 3. The molecule has 0 unspecified atom stereocenters. The van der Waals surface area contributed by atoms with E-state index in [2.05, 4.69) is 39.5 Å². The molecule has 1 heterocycles. The first-order chi connectivity index (χ1) is 6.57. The first kappa shape index (κ1) is 11.6. The fourth-order valence-electron chi connectivity index (χ4n) is 2.55. The lowest BCUT2D eigenvalue weighted by molar-refractivity contribution is 0.235. The van der Waals surface area contributed by atoms with Gasteiger partial charge in [-0.25, -0.2) is 0 Å². The van der Waals surface area contributed by atoms with Crippen molar-refractivity contribution in [3.63, 3.8) is 0 Å². The molecule has 0 saturated heterocycles. The second-order valence-electron chi connectivity index (χ2n) is 4.89. The van der Waals surface area contributed by atoms with Gasteiger partial charge >= 0.3 is 0 Å². The van der Waals surface area contributed by atoms with Crippen LogP contribution < -0.4 is 0 Å². The molecule has 0 atom stereocenters. The van der Waals surface area contributed by atoms with Crippen LogP contribution in [-0.4, -0.2) is 17.5 Å². The molecule has 1 aliphatic rings. The molecule has 0 aromatic heterocycles. The molecule has 14 heavy (non-hydrogen) atoms. The van der Waals surface area contributed by atoms with Crippen molar-refractivity contribution in [1.82, 2.24) is 4.90 Å². The van der Waals surface area contributed by atoms with Crippen LogP contribution in [-0.2, 0) is 0 Å². The summed E-state index contributed by atoms with van der Waals surface area (Å²) in [5, 5.41) is 0. The molecule has 0 aromatic rings. The van der Waals surface area contributed by atoms with E-state index >= 15 is 0 Å². The highest BCUT2D eigenvalue weighted by atomic mass is 15.2. The molecule has 0 spiro atoms. The van der Waals surface area contributed by atoms with Crippen LogP contribution in [0.15, 0.2) is 11.3 Å². The molecule has 0 N–H and O–H groups in total. The van der Waals surface area contributed by atoms with Crippen LogP contribution in [0.5, 0.6) is 0 Å². The molecule has 1 nitrogen and oxygen atoms in total. The van der Waals surface area contributed by atoms with Gasteiger partial charge in [0.25, 0.3) is 0 Å². The Balaban J connectivity index is 2.96. The summed E-state index contributed by atoms with van der Waals surface area (Å²) in [6, 6.07) is 0.661. The summed E-state index contributed by atoms with van der Waals surface area (Å²) >= 11 is 0. The molecule has 1 aliphatic heterocycles. The summed E-state index contributed by atoms with van der Waals surface area (Å²) in [5.74, 6) is 0.688. The Morgan fingerprint density at radius 3 is 2.29 bits per heavy atom. The third kappa shape index (κ3) is 2.31. The van der Waals surface area contributed by atoms with Crippen LogP contribution in [0.1, 0.15) is 53.9 Å². The van der Waals surface area contributed by atoms with Crippen LogP contribution in [0.25, 0.3) is 0 Å². The lowest BCUT2D eigenvalue weighted by Crippen LogP contribution is -2.36. The van der Waals surface area contributed by atoms with Gasteiger partial charge in [0.05, 0.1) is 0 Å². The molecule has 0 saturated carbocycles. The maximum Gasteiger partial charge on any atom is 0.0230 e. The molecule has 0 fully saturated rings. The van der Waals surface area contributed by atoms with Gasteiger partial charge in [0.2, 0.25) is 0 Å². The van der Waals surface area contributed by atoms with E-state index in [9.17, 15) is 0 Å². The molecule has 0 bridgehead atoms. The number of hydrogen-bond donors (Lipinski definition) is 0. The van der Waals surface area contributed by atoms with Gasteiger partial charge in [-0.15, -0.1) is 0 Å². The fourth-order valence-corrected chi connectivity index (χ4v) is 2.55. The first-order valence-electron chi connectivity index (χ1n) is 6.06. The first-order valence-corrected chi connectivity index (χ1v) is 6.06. The van der Waals surface area contributed by atoms with Gasteiger partial charge in [-0.05, 0) is 39.0 Å². The Labute approximate surface area is 89.2 Å². The lowest BCUT2D eigenvalue weighted by Gasteiger charge is -2.39. The van der Waals surface area contributed by atoms with Gasteiger partial charge in [0.1, 0.15) is 0 Å². The van der Waals surface area contributed by atoms with E-state index in [-0.39, 0.29) is 0 Å². The summed E-state index contributed by atoms with van der Waals surface area (Å²) in [6.45, 7) is 12.8. The number of nitrogens with zero attached hydrogens (tertiary/aromatic N) is 1. The fraction of sp³-hybridized carbons (Fsp3) is 0.846. The predicted octanol–water partition coefficient (Wildman–Crippen LogP) is 3.81. The third-order valence-corrected chi connectivity index (χ3v) is 3.15. The van der Waals surface area contributed by atoms with Crippen molar-refractivity contribution in [1.29, 1.82) is 0 Å². The Morgan fingerprint density at radius 1 is 1.21 bits per heavy atom. The monoisotopic (exact) mass is 195 g/mol. The van der Waals surface area contributed by atoms with Gasteiger partial charge < -0.3 is 4.90 Å². The van der Waals surface area contributed by atoms with E-state index in [0.717, 1.165) is 0 Å². The van der Waals surface area contributed by atoms with E-state index in [1.165, 1.54) is 25.8 Å². The normalized spacial score (nSPS) is 18.6. The van der Waals surface area contributed by atoms with Gasteiger partial charge in [-0.1, -0.05) is 26.3 Å². The van der Waals surface area contributed by atoms with Crippen LogP contribution in [0.2, 0.25) is 0 Å². The van der Waals surface area contributed by atoms with Crippen LogP contribution in [0.3, 0.4) is 0 Å². The van der Waals surface area contributed by atoms with E-state index in [1.807, 2.05) is 0 Å². The molecule has 82 valence electrons. The molecule has 0 amide bonds. The second kappa shape index (κ2) is 4.86. The molecule has 1 rings (SSSR count). The van der Waals surface area contributed by atoms with Crippen LogP contribution >= 0.6 is 0 Å². The molecular formula is C13H25N. The van der Waals surface area contributed by atoms with Crippen molar-refractivity contribution >= 4 is 0 Å². The molecule has 1 heteroatoms. The number of hydrogen-bond acceptors (Lipinski definition) is 1. The van der Waals surface area contributed by atoms with Crippen molar-refractivity contribution in [2.75, 3.05) is 6.54 Å². The van der Waals surface area contributed by atoms with Gasteiger partial charge in [0, 0.05) is 18.3 Å². The van der Waals surface area contributed by atoms with Crippen molar-refractivity contribution in [3.05, 3.63) is 11.3 Å². The minimum atomic E-state index is 0.661. The van der Waals surface area contributed by atoms with Crippen molar-refractivity contribution in [2.45, 2.75) is 59.9 Å². The molecule has 0 aliphatic carbocycles. The summed E-state index contributed by atoms with van der Waals surface area (Å²) in [4.78, 5) is 2.60. The summed E-state index contributed by atoms with van der Waals surface area (Å²) < 4.78 is 0. The SMILES string of the molecule is CCC1=C(C(C)C)N(C(C)C)CCC1. The Bertz CT molecular complexity index is 213. The predicted molar refractivity (Wildman–Crippen MR) is 63.2 cm³/mol. The lowest BCUT2D eigenvalue weighted by atomic mass is 9.92. The van der Waals surface area contributed by atoms with E-state index in [1.54, 1.807) is 11.3 Å². The maximum atomic E-state index is 2.60. The van der Waals surface area contributed by atoms with Crippen molar-refractivity contribution in [3.8, 4) is 0 Å². The zero-order valence-corrected chi connectivity index (χ0v) is 10.4. The quantitative estimate of drug-likeness (QED) is 0.662. The highest BCUT2D eigenvalue weighted by molar-refractivity contribution is 5.18. The van der Waals surface area contributed by atoms with Gasteiger partial charge in [-0.2, -0.15) is 0 Å². The summed E-state index contributed by atoms with van der Waals surface area (Å²) in [5.41, 5.74) is 3.33. The summed E-state index contributed by atoms with van der Waals surface area (Å²) in [7, 11) is 0. The zero-order valence-electron chi connectivity index (χ0n) is 10.4. The van der Waals surface area contributed by atoms with E-state index < -0.39 is 0 Å². The minimum Gasteiger partial charge on any atom is -0.372 e. The number of allylic oxidation sites excluding steroid dienone is 2. The average molecular weight is 195 g/mol. The van der Waals surface area contributed by atoms with E-state index in [0.29, 0.717) is 12.0 Å². The van der Waals surface area contributed by atoms with Gasteiger partial charge in [-0.3, -0.25) is 0 Å². The highest BCUT2D eigenvalue weighted by Crippen LogP contribution is 2.30. The molecular weight excluding hydrogens is 170 g/mol. The van der Waals surface area contributed by atoms with Crippen LogP contribution in [0.4, 0.5) is 0 Å². The standard InChI is InChI=1S/C13H25N/c1-6-12-8-7-9-14(11(4)5)13(12)10(2)3/h10-11H,6-9H2,1-5H3. The Morgan fingerprint density at radius 2 is 1.86 bits per heavy atom. The highest BCUT2D eigenvalue weighted by Gasteiger charge is 2.22. The topological polar surface area (TPSA) is 3.24 Å². The van der Waals surface area contributed by atoms with E-state index in [4.69, 9.17) is 0 Å². The van der Waals surface area contributed by atoms with Gasteiger partial charge in [0.15, 0.2) is 0 Å². The third-order valence-electron chi connectivity index (χ3n) is 3.15. The summed E-state index contributed by atoms with van der Waals surface area (Å²) in [6.07, 6.45) is 3.90. The largest absolute Gasteiger partial charge is 0.372 e. The smallest absolute Gasteiger partial charge is 0.0230 e. The molecule has 0 radical (unpaired) electrons. The zero-order chi connectivity index (χ0) is 10.7. The Hall–Kier alpha value is -0.460. The average Bonchev–Trinajstić information content (AvgIpc) is 2.16. The Kier molecular flexibility index (Phi) is 4.03. The second-order valence-corrected chi connectivity index (χ2v) is 4.89. The maximum absolute atomic E-state index is 2.60. The van der Waals surface area contributed by atoms with Crippen molar-refractivity contribution < 1.29 is 0 Å². The van der Waals surface area contributed by atoms with Crippen molar-refractivity contribution in [2.24, 2.45) is 5.92 Å².